The van der Waals surface area contributed by atoms with Crippen molar-refractivity contribution in [2.45, 2.75) is 19.4 Å². The Balaban J connectivity index is 1.66. The molecule has 1 atom stereocenters. The predicted molar refractivity (Wildman–Crippen MR) is 118 cm³/mol. The van der Waals surface area contributed by atoms with Gasteiger partial charge in [-0.2, -0.15) is 0 Å². The number of hydrogen-bond donors (Lipinski definition) is 1. The highest BCUT2D eigenvalue weighted by molar-refractivity contribution is 6.46. The van der Waals surface area contributed by atoms with Gasteiger partial charge in [0.05, 0.1) is 24.8 Å². The highest BCUT2D eigenvalue weighted by Crippen LogP contribution is 2.39. The number of nitrogens with zero attached hydrogens (tertiary/aromatic N) is 2. The Morgan fingerprint density at radius 2 is 1.69 bits per heavy atom. The Kier molecular flexibility index (Phi) is 6.67. The Morgan fingerprint density at radius 3 is 2.34 bits per heavy atom. The monoisotopic (exact) mass is 438 g/mol. The van der Waals surface area contributed by atoms with E-state index in [0.29, 0.717) is 37.3 Å². The third kappa shape index (κ3) is 4.59. The van der Waals surface area contributed by atoms with Gasteiger partial charge in [0.25, 0.3) is 11.7 Å². The lowest BCUT2D eigenvalue weighted by Crippen LogP contribution is -2.38. The number of carbonyl (C=O) groups excluding carboxylic acids is 2. The molecule has 0 unspecified atom stereocenters. The summed E-state index contributed by atoms with van der Waals surface area (Å²) < 4.78 is 18.9. The number of aliphatic hydroxyl groups is 1. The summed E-state index contributed by atoms with van der Waals surface area (Å²) in [6, 6.07) is 12.1. The van der Waals surface area contributed by atoms with Gasteiger partial charge in [-0.05, 0) is 31.0 Å². The number of aliphatic hydroxyl groups excluding tert-OH is 1. The number of benzene rings is 2. The molecule has 6 nitrogen and oxygen atoms in total. The molecule has 7 heteroatoms. The summed E-state index contributed by atoms with van der Waals surface area (Å²) in [7, 11) is 0. The molecular weight excluding hydrogens is 411 g/mol. The van der Waals surface area contributed by atoms with Crippen LogP contribution in [0.2, 0.25) is 0 Å². The number of likely N-dealkylation sites (tertiary alicyclic amines) is 1. The van der Waals surface area contributed by atoms with Crippen molar-refractivity contribution in [1.82, 2.24) is 9.80 Å². The molecule has 168 valence electrons. The van der Waals surface area contributed by atoms with E-state index < -0.39 is 23.5 Å². The van der Waals surface area contributed by atoms with Crippen molar-refractivity contribution in [3.05, 3.63) is 76.6 Å². The maximum atomic E-state index is 13.6. The zero-order valence-corrected chi connectivity index (χ0v) is 18.1. The molecule has 0 aliphatic carbocycles. The lowest BCUT2D eigenvalue weighted by molar-refractivity contribution is -0.140. The Hall–Kier alpha value is -3.03. The van der Waals surface area contributed by atoms with Gasteiger partial charge >= 0.3 is 0 Å². The van der Waals surface area contributed by atoms with Gasteiger partial charge in [-0.15, -0.1) is 0 Å². The molecule has 0 aromatic heterocycles. The number of morpholine rings is 1. The van der Waals surface area contributed by atoms with E-state index in [1.54, 1.807) is 24.3 Å². The van der Waals surface area contributed by atoms with E-state index in [9.17, 15) is 19.1 Å². The van der Waals surface area contributed by atoms with Crippen LogP contribution < -0.4 is 0 Å². The Morgan fingerprint density at radius 1 is 1.03 bits per heavy atom. The molecule has 2 fully saturated rings. The molecule has 1 amide bonds. The number of halogens is 1. The van der Waals surface area contributed by atoms with Gasteiger partial charge in [0.15, 0.2) is 0 Å². The number of amides is 1. The second-order valence-corrected chi connectivity index (χ2v) is 8.22. The van der Waals surface area contributed by atoms with E-state index in [0.717, 1.165) is 25.2 Å². The first kappa shape index (κ1) is 22.2. The number of ketones is 1. The normalized spacial score (nSPS) is 21.3. The van der Waals surface area contributed by atoms with Gasteiger partial charge in [0.1, 0.15) is 11.6 Å². The first-order chi connectivity index (χ1) is 15.5. The molecule has 1 N–H and O–H groups in total. The van der Waals surface area contributed by atoms with E-state index in [1.165, 1.54) is 17.0 Å². The zero-order chi connectivity index (χ0) is 22.7. The van der Waals surface area contributed by atoms with Crippen molar-refractivity contribution >= 4 is 17.4 Å². The fourth-order valence-electron chi connectivity index (χ4n) is 4.26. The molecule has 32 heavy (non-hydrogen) atoms. The van der Waals surface area contributed by atoms with Crippen molar-refractivity contribution < 1.29 is 23.8 Å². The number of carbonyl (C=O) groups is 2. The van der Waals surface area contributed by atoms with E-state index in [2.05, 4.69) is 4.90 Å². The molecule has 0 bridgehead atoms. The summed E-state index contributed by atoms with van der Waals surface area (Å²) in [6.07, 6.45) is 0.676. The quantitative estimate of drug-likeness (QED) is 0.426. The molecule has 2 heterocycles. The molecule has 0 radical (unpaired) electrons. The molecule has 4 rings (SSSR count). The van der Waals surface area contributed by atoms with Crippen LogP contribution in [-0.2, 0) is 14.3 Å². The fourth-order valence-corrected chi connectivity index (χ4v) is 4.26. The summed E-state index contributed by atoms with van der Waals surface area (Å²) in [6.45, 7) is 6.12. The van der Waals surface area contributed by atoms with Crippen LogP contribution in [-0.4, -0.2) is 66.0 Å². The molecule has 2 aliphatic rings. The van der Waals surface area contributed by atoms with Crippen LogP contribution in [0.3, 0.4) is 0 Å². The third-order valence-corrected chi connectivity index (χ3v) is 6.03. The Labute approximate surface area is 186 Å². The van der Waals surface area contributed by atoms with Crippen molar-refractivity contribution in [3.63, 3.8) is 0 Å². The summed E-state index contributed by atoms with van der Waals surface area (Å²) in [4.78, 5) is 29.7. The van der Waals surface area contributed by atoms with Crippen molar-refractivity contribution in [3.8, 4) is 0 Å². The third-order valence-electron chi connectivity index (χ3n) is 6.03. The summed E-state index contributed by atoms with van der Waals surface area (Å²) >= 11 is 0. The first-order valence-corrected chi connectivity index (χ1v) is 10.9. The van der Waals surface area contributed by atoms with Crippen LogP contribution >= 0.6 is 0 Å². The zero-order valence-electron chi connectivity index (χ0n) is 18.1. The minimum atomic E-state index is -0.762. The second-order valence-electron chi connectivity index (χ2n) is 8.22. The van der Waals surface area contributed by atoms with Gasteiger partial charge in [0.2, 0.25) is 0 Å². The van der Waals surface area contributed by atoms with E-state index >= 15 is 0 Å². The maximum Gasteiger partial charge on any atom is 0.295 e. The molecule has 2 aliphatic heterocycles. The van der Waals surface area contributed by atoms with Gasteiger partial charge in [-0.25, -0.2) is 4.39 Å². The number of hydrogen-bond acceptors (Lipinski definition) is 5. The average molecular weight is 438 g/mol. The number of ether oxygens (including phenoxy) is 1. The highest BCUT2D eigenvalue weighted by Gasteiger charge is 2.45. The van der Waals surface area contributed by atoms with Crippen LogP contribution in [0.25, 0.3) is 5.76 Å². The minimum Gasteiger partial charge on any atom is -0.507 e. The van der Waals surface area contributed by atoms with Gasteiger partial charge in [0, 0.05) is 31.7 Å². The lowest BCUT2D eigenvalue weighted by Gasteiger charge is -2.29. The average Bonchev–Trinajstić information content (AvgIpc) is 3.05. The van der Waals surface area contributed by atoms with Crippen molar-refractivity contribution in [2.75, 3.05) is 39.4 Å². The van der Waals surface area contributed by atoms with E-state index in [4.69, 9.17) is 4.74 Å². The Bertz CT molecular complexity index is 1010. The smallest absolute Gasteiger partial charge is 0.295 e. The topological polar surface area (TPSA) is 70.1 Å². The molecule has 0 saturated carbocycles. The molecule has 0 spiro atoms. The standard InChI is InChI=1S/C25H27FN2O4/c1-17-3-5-19(6-4-17)23(29)21-22(18-7-9-20(26)10-8-18)28(25(31)24(21)30)12-2-11-27-13-15-32-16-14-27/h3-10,22,29H,2,11-16H2,1H3/b23-21+/t22-/m1/s1. The molecular formula is C25H27FN2O4. The van der Waals surface area contributed by atoms with Gasteiger partial charge < -0.3 is 14.7 Å². The largest absolute Gasteiger partial charge is 0.507 e. The van der Waals surface area contributed by atoms with Crippen molar-refractivity contribution in [2.24, 2.45) is 0 Å². The summed E-state index contributed by atoms with van der Waals surface area (Å²) in [5, 5.41) is 11.0. The minimum absolute atomic E-state index is 0.0387. The molecule has 2 aromatic rings. The highest BCUT2D eigenvalue weighted by atomic mass is 19.1. The van der Waals surface area contributed by atoms with Crippen molar-refractivity contribution in [1.29, 1.82) is 0 Å². The SMILES string of the molecule is Cc1ccc(/C(O)=C2\C(=O)C(=O)N(CCCN3CCOCC3)[C@@H]2c2ccc(F)cc2)cc1. The lowest BCUT2D eigenvalue weighted by atomic mass is 9.95. The van der Waals surface area contributed by atoms with Crippen LogP contribution in [0.4, 0.5) is 4.39 Å². The van der Waals surface area contributed by atoms with Crippen LogP contribution in [0, 0.1) is 12.7 Å². The first-order valence-electron chi connectivity index (χ1n) is 10.9. The van der Waals surface area contributed by atoms with E-state index in [1.807, 2.05) is 19.1 Å². The summed E-state index contributed by atoms with van der Waals surface area (Å²) in [5.41, 5.74) is 2.11. The maximum absolute atomic E-state index is 13.6. The van der Waals surface area contributed by atoms with Gasteiger partial charge in [-0.1, -0.05) is 42.0 Å². The van der Waals surface area contributed by atoms with Gasteiger partial charge in [-0.3, -0.25) is 14.5 Å². The fraction of sp³-hybridized carbons (Fsp3) is 0.360. The van der Waals surface area contributed by atoms with Crippen LogP contribution in [0.15, 0.2) is 54.1 Å². The van der Waals surface area contributed by atoms with Crippen LogP contribution in [0.5, 0.6) is 0 Å². The second kappa shape index (κ2) is 9.63. The predicted octanol–water partition coefficient (Wildman–Crippen LogP) is 3.28. The summed E-state index contributed by atoms with van der Waals surface area (Å²) in [5.74, 6) is -1.98. The number of aryl methyl sites for hydroxylation is 1. The molecule has 2 aromatic carbocycles. The number of rotatable bonds is 6. The van der Waals surface area contributed by atoms with E-state index in [-0.39, 0.29) is 11.3 Å². The molecule has 2 saturated heterocycles. The number of Topliss-reactive ketones (excluding diaryl/α,β-unsaturated/α-hetero) is 1. The van der Waals surface area contributed by atoms with Crippen LogP contribution in [0.1, 0.15) is 29.2 Å².